The number of ether oxygens (including phenoxy) is 3. The van der Waals surface area contributed by atoms with E-state index in [2.05, 4.69) is 0 Å². The smallest absolute Gasteiger partial charge is 0.337 e. The molecule has 4 aromatic rings. The minimum absolute atomic E-state index is 0.0395. The zero-order valence-electron chi connectivity index (χ0n) is 20.0. The summed E-state index contributed by atoms with van der Waals surface area (Å²) in [6.45, 7) is 2.23. The molecular weight excluding hydrogens is 446 g/mol. The van der Waals surface area contributed by atoms with Gasteiger partial charge in [-0.25, -0.2) is 4.79 Å². The average molecular weight is 472 g/mol. The zero-order valence-corrected chi connectivity index (χ0v) is 20.0. The van der Waals surface area contributed by atoms with Crippen LogP contribution >= 0.6 is 0 Å². The van der Waals surface area contributed by atoms with Crippen molar-refractivity contribution in [1.29, 1.82) is 0 Å². The number of carbonyl (C=O) groups excluding carboxylic acids is 2. The molecule has 0 atom stereocenters. The second kappa shape index (κ2) is 9.85. The number of benzene rings is 3. The van der Waals surface area contributed by atoms with Crippen molar-refractivity contribution in [2.75, 3.05) is 21.3 Å². The molecular formula is C28H25NO6. The van der Waals surface area contributed by atoms with Gasteiger partial charge < -0.3 is 18.8 Å². The van der Waals surface area contributed by atoms with Crippen LogP contribution in [0.1, 0.15) is 37.4 Å². The number of esters is 1. The SMILES string of the molecule is COC(=O)c1cccc(Cn2cc(C(=O)c3ccc(C)cc3)c(=O)c3cc(OC)c(OC)cc32)c1. The summed E-state index contributed by atoms with van der Waals surface area (Å²) in [7, 11) is 4.33. The topological polar surface area (TPSA) is 83.8 Å². The fourth-order valence-corrected chi connectivity index (χ4v) is 3.98. The van der Waals surface area contributed by atoms with Crippen molar-refractivity contribution >= 4 is 22.7 Å². The van der Waals surface area contributed by atoms with E-state index in [-0.39, 0.29) is 11.3 Å². The third kappa shape index (κ3) is 4.66. The Labute approximate surface area is 202 Å². The van der Waals surface area contributed by atoms with Gasteiger partial charge in [0, 0.05) is 24.4 Å². The first kappa shape index (κ1) is 23.8. The van der Waals surface area contributed by atoms with E-state index >= 15 is 0 Å². The van der Waals surface area contributed by atoms with E-state index in [0.717, 1.165) is 11.1 Å². The number of pyridine rings is 1. The van der Waals surface area contributed by atoms with Crippen LogP contribution < -0.4 is 14.9 Å². The van der Waals surface area contributed by atoms with Crippen molar-refractivity contribution in [2.24, 2.45) is 0 Å². The molecule has 0 radical (unpaired) electrons. The first-order chi connectivity index (χ1) is 16.9. The van der Waals surface area contributed by atoms with E-state index in [1.807, 2.05) is 25.1 Å². The molecule has 1 heterocycles. The molecule has 0 fully saturated rings. The van der Waals surface area contributed by atoms with Gasteiger partial charge in [0.25, 0.3) is 0 Å². The van der Waals surface area contributed by atoms with Crippen LogP contribution in [-0.4, -0.2) is 37.6 Å². The summed E-state index contributed by atoms with van der Waals surface area (Å²) >= 11 is 0. The van der Waals surface area contributed by atoms with Crippen molar-refractivity contribution in [3.63, 3.8) is 0 Å². The molecule has 7 nitrogen and oxygen atoms in total. The van der Waals surface area contributed by atoms with Crippen molar-refractivity contribution in [2.45, 2.75) is 13.5 Å². The number of ketones is 1. The Morgan fingerprint density at radius 3 is 2.20 bits per heavy atom. The normalized spacial score (nSPS) is 10.7. The molecule has 0 N–H and O–H groups in total. The maximum atomic E-state index is 13.5. The number of hydrogen-bond donors (Lipinski definition) is 0. The molecule has 0 saturated heterocycles. The minimum Gasteiger partial charge on any atom is -0.493 e. The Morgan fingerprint density at radius 1 is 0.857 bits per heavy atom. The van der Waals surface area contributed by atoms with Gasteiger partial charge in [-0.2, -0.15) is 0 Å². The lowest BCUT2D eigenvalue weighted by Gasteiger charge is -2.16. The summed E-state index contributed by atoms with van der Waals surface area (Å²) in [5.74, 6) is 0.0207. The van der Waals surface area contributed by atoms with Crippen molar-refractivity contribution in [1.82, 2.24) is 4.57 Å². The van der Waals surface area contributed by atoms with Crippen LogP contribution in [0.25, 0.3) is 10.9 Å². The fraction of sp³-hybridized carbons (Fsp3) is 0.179. The van der Waals surface area contributed by atoms with Gasteiger partial charge in [0.1, 0.15) is 0 Å². The highest BCUT2D eigenvalue weighted by Crippen LogP contribution is 2.31. The summed E-state index contributed by atoms with van der Waals surface area (Å²) in [4.78, 5) is 38.8. The third-order valence-corrected chi connectivity index (χ3v) is 5.84. The van der Waals surface area contributed by atoms with Crippen molar-refractivity contribution < 1.29 is 23.8 Å². The van der Waals surface area contributed by atoms with Crippen LogP contribution in [-0.2, 0) is 11.3 Å². The van der Waals surface area contributed by atoms with Crippen LogP contribution in [0.3, 0.4) is 0 Å². The summed E-state index contributed by atoms with van der Waals surface area (Å²) in [5, 5.41) is 0.324. The Hall–Kier alpha value is -4.39. The molecule has 35 heavy (non-hydrogen) atoms. The highest BCUT2D eigenvalue weighted by Gasteiger charge is 2.20. The number of aromatic nitrogens is 1. The minimum atomic E-state index is -0.446. The number of fused-ring (bicyclic) bond motifs is 1. The quantitative estimate of drug-likeness (QED) is 0.294. The third-order valence-electron chi connectivity index (χ3n) is 5.84. The monoisotopic (exact) mass is 471 g/mol. The van der Waals surface area contributed by atoms with E-state index < -0.39 is 11.4 Å². The summed E-state index contributed by atoms with van der Waals surface area (Å²) in [5.41, 5.74) is 2.85. The molecule has 1 aromatic heterocycles. The second-order valence-electron chi connectivity index (χ2n) is 8.11. The second-order valence-corrected chi connectivity index (χ2v) is 8.11. The van der Waals surface area contributed by atoms with Gasteiger partial charge in [0.15, 0.2) is 17.3 Å². The lowest BCUT2D eigenvalue weighted by atomic mass is 10.0. The van der Waals surface area contributed by atoms with Crippen LogP contribution in [0.4, 0.5) is 0 Å². The van der Waals surface area contributed by atoms with Gasteiger partial charge >= 0.3 is 5.97 Å². The Kier molecular flexibility index (Phi) is 6.68. The predicted octanol–water partition coefficient (Wildman–Crippen LogP) is 4.39. The van der Waals surface area contributed by atoms with Crippen LogP contribution in [0.5, 0.6) is 11.5 Å². The number of rotatable bonds is 7. The van der Waals surface area contributed by atoms with E-state index in [0.29, 0.717) is 40.1 Å². The van der Waals surface area contributed by atoms with E-state index in [1.54, 1.807) is 53.2 Å². The lowest BCUT2D eigenvalue weighted by molar-refractivity contribution is 0.0600. The van der Waals surface area contributed by atoms with Crippen molar-refractivity contribution in [3.05, 3.63) is 105 Å². The summed E-state index contributed by atoms with van der Waals surface area (Å²) in [6.07, 6.45) is 1.56. The Balaban J connectivity index is 1.93. The highest BCUT2D eigenvalue weighted by molar-refractivity contribution is 6.10. The maximum absolute atomic E-state index is 13.5. The average Bonchev–Trinajstić information content (AvgIpc) is 2.89. The van der Waals surface area contributed by atoms with Crippen LogP contribution in [0, 0.1) is 6.92 Å². The van der Waals surface area contributed by atoms with Gasteiger partial charge in [-0.3, -0.25) is 9.59 Å². The fourth-order valence-electron chi connectivity index (χ4n) is 3.98. The number of nitrogens with zero attached hydrogens (tertiary/aromatic N) is 1. The zero-order chi connectivity index (χ0) is 25.1. The van der Waals surface area contributed by atoms with Crippen LogP contribution in [0.15, 0.2) is 71.7 Å². The van der Waals surface area contributed by atoms with Gasteiger partial charge in [0.05, 0.1) is 43.4 Å². The molecule has 0 amide bonds. The van der Waals surface area contributed by atoms with E-state index in [4.69, 9.17) is 14.2 Å². The number of methoxy groups -OCH3 is 3. The van der Waals surface area contributed by atoms with Gasteiger partial charge in [-0.1, -0.05) is 42.0 Å². The van der Waals surface area contributed by atoms with Crippen LogP contribution in [0.2, 0.25) is 0 Å². The standard InChI is InChI=1S/C28H25NO6/c1-17-8-10-19(11-9-17)26(30)22-16-29(15-18-6-5-7-20(12-18)28(32)35-4)23-14-25(34-3)24(33-2)13-21(23)27(22)31/h5-14,16H,15H2,1-4H3. The number of carbonyl (C=O) groups is 2. The largest absolute Gasteiger partial charge is 0.493 e. The number of hydrogen-bond acceptors (Lipinski definition) is 6. The molecule has 0 aliphatic carbocycles. The van der Waals surface area contributed by atoms with E-state index in [9.17, 15) is 14.4 Å². The molecule has 0 aliphatic rings. The molecule has 0 bridgehead atoms. The lowest BCUT2D eigenvalue weighted by Crippen LogP contribution is -2.20. The molecule has 0 saturated carbocycles. The predicted molar refractivity (Wildman–Crippen MR) is 133 cm³/mol. The molecule has 4 rings (SSSR count). The summed E-state index contributed by atoms with van der Waals surface area (Å²) < 4.78 is 17.5. The van der Waals surface area contributed by atoms with Gasteiger partial charge in [-0.15, -0.1) is 0 Å². The Morgan fingerprint density at radius 2 is 1.54 bits per heavy atom. The molecule has 0 aliphatic heterocycles. The summed E-state index contributed by atoms with van der Waals surface area (Å²) in [6, 6.07) is 17.4. The Bertz CT molecular complexity index is 1480. The first-order valence-corrected chi connectivity index (χ1v) is 10.9. The molecule has 3 aromatic carbocycles. The highest BCUT2D eigenvalue weighted by atomic mass is 16.5. The molecule has 178 valence electrons. The van der Waals surface area contributed by atoms with Gasteiger partial charge in [0.2, 0.25) is 5.43 Å². The molecule has 0 spiro atoms. The van der Waals surface area contributed by atoms with E-state index in [1.165, 1.54) is 21.3 Å². The van der Waals surface area contributed by atoms with Gasteiger partial charge in [-0.05, 0) is 30.7 Å². The molecule has 0 unspecified atom stereocenters. The number of aryl methyl sites for hydroxylation is 1. The molecule has 7 heteroatoms. The first-order valence-electron chi connectivity index (χ1n) is 10.9. The maximum Gasteiger partial charge on any atom is 0.337 e. The van der Waals surface area contributed by atoms with Crippen molar-refractivity contribution in [3.8, 4) is 11.5 Å².